The average molecular weight is 312 g/mol. The lowest BCUT2D eigenvalue weighted by molar-refractivity contribution is -0.275. The predicted octanol–water partition coefficient (Wildman–Crippen LogP) is 2.09. The van der Waals surface area contributed by atoms with E-state index in [0.29, 0.717) is 0 Å². The summed E-state index contributed by atoms with van der Waals surface area (Å²) in [7, 11) is 0. The van der Waals surface area contributed by atoms with Crippen molar-refractivity contribution >= 4 is 17.6 Å². The molecule has 0 saturated heterocycles. The van der Waals surface area contributed by atoms with Crippen molar-refractivity contribution in [3.05, 3.63) is 29.3 Å². The van der Waals surface area contributed by atoms with E-state index >= 15 is 0 Å². The van der Waals surface area contributed by atoms with Crippen molar-refractivity contribution in [1.82, 2.24) is 0 Å². The number of nitrogens with two attached hydrogens (primary N) is 1. The van der Waals surface area contributed by atoms with E-state index in [2.05, 4.69) is 0 Å². The highest BCUT2D eigenvalue weighted by atomic mass is 19.4. The minimum atomic E-state index is -5.78. The van der Waals surface area contributed by atoms with Crippen LogP contribution in [-0.2, 0) is 0 Å². The van der Waals surface area contributed by atoms with Gasteiger partial charge in [-0.25, -0.2) is 4.79 Å². The fraction of sp³-hybridized carbons (Fsp3) is 0.273. The highest BCUT2D eigenvalue weighted by molar-refractivity contribution is 6.00. The van der Waals surface area contributed by atoms with Crippen LogP contribution in [0.1, 0.15) is 20.7 Å². The van der Waals surface area contributed by atoms with E-state index in [4.69, 9.17) is 10.8 Å². The first-order valence-electron chi connectivity index (χ1n) is 5.31. The van der Waals surface area contributed by atoms with Crippen molar-refractivity contribution in [1.29, 1.82) is 0 Å². The van der Waals surface area contributed by atoms with E-state index in [-0.39, 0.29) is 0 Å². The number of carbonyl (C=O) groups excluding carboxylic acids is 1. The number of aromatic carboxylic acids is 1. The van der Waals surface area contributed by atoms with Crippen molar-refractivity contribution in [3.63, 3.8) is 0 Å². The molecule has 0 radical (unpaired) electrons. The summed E-state index contributed by atoms with van der Waals surface area (Å²) >= 11 is 0. The number of carboxylic acids is 1. The summed E-state index contributed by atoms with van der Waals surface area (Å²) < 4.78 is 61.7. The van der Waals surface area contributed by atoms with Crippen molar-refractivity contribution in [2.24, 2.45) is 5.73 Å². The number of nitrogens with one attached hydrogen (secondary N) is 1. The highest BCUT2D eigenvalue weighted by Gasteiger charge is 2.57. The molecule has 1 aromatic carbocycles. The first-order valence-corrected chi connectivity index (χ1v) is 5.31. The van der Waals surface area contributed by atoms with Gasteiger partial charge in [-0.1, -0.05) is 0 Å². The number of hydrogen-bond donors (Lipinski definition) is 3. The van der Waals surface area contributed by atoms with Gasteiger partial charge in [-0.2, -0.15) is 22.0 Å². The van der Waals surface area contributed by atoms with Gasteiger partial charge >= 0.3 is 18.1 Å². The Bertz CT molecular complexity index is 571. The van der Waals surface area contributed by atoms with Crippen LogP contribution in [0, 0.1) is 0 Å². The Morgan fingerprint density at radius 1 is 1.19 bits per heavy atom. The lowest BCUT2D eigenvalue weighted by atomic mass is 10.1. The Morgan fingerprint density at radius 2 is 1.76 bits per heavy atom. The summed E-state index contributed by atoms with van der Waals surface area (Å²) in [5.41, 5.74) is 3.60. The molecule has 0 bridgehead atoms. The summed E-state index contributed by atoms with van der Waals surface area (Å²) in [5, 5.41) is 10.4. The van der Waals surface area contributed by atoms with Crippen LogP contribution in [0.3, 0.4) is 0 Å². The predicted molar refractivity (Wildman–Crippen MR) is 61.4 cm³/mol. The van der Waals surface area contributed by atoms with E-state index in [1.165, 1.54) is 0 Å². The number of benzene rings is 1. The zero-order valence-corrected chi connectivity index (χ0v) is 10.2. The fourth-order valence-corrected chi connectivity index (χ4v) is 1.34. The molecule has 0 unspecified atom stereocenters. The monoisotopic (exact) mass is 312 g/mol. The van der Waals surface area contributed by atoms with Crippen molar-refractivity contribution in [2.45, 2.75) is 12.1 Å². The minimum Gasteiger partial charge on any atom is -0.478 e. The van der Waals surface area contributed by atoms with Crippen LogP contribution in [0.15, 0.2) is 18.2 Å². The normalized spacial score (nSPS) is 12.0. The summed E-state index contributed by atoms with van der Waals surface area (Å²) in [6.07, 6.45) is -5.78. The lowest BCUT2D eigenvalue weighted by Crippen LogP contribution is -2.42. The highest BCUT2D eigenvalue weighted by Crippen LogP contribution is 2.35. The molecule has 0 saturated carbocycles. The number of alkyl halides is 5. The number of carbonyl (C=O) groups is 2. The van der Waals surface area contributed by atoms with Gasteiger partial charge < -0.3 is 16.2 Å². The van der Waals surface area contributed by atoms with Gasteiger partial charge in [-0.05, 0) is 18.2 Å². The first kappa shape index (κ1) is 16.7. The summed E-state index contributed by atoms with van der Waals surface area (Å²) in [5.74, 6) is -7.61. The molecule has 116 valence electrons. The molecular formula is C11H9F5N2O3. The van der Waals surface area contributed by atoms with Gasteiger partial charge in [0, 0.05) is 5.69 Å². The molecule has 0 fully saturated rings. The molecule has 1 rings (SSSR count). The zero-order chi connectivity index (χ0) is 16.4. The first-order chi connectivity index (χ1) is 9.45. The molecular weight excluding hydrogens is 303 g/mol. The van der Waals surface area contributed by atoms with Crippen LogP contribution in [-0.4, -0.2) is 35.6 Å². The Morgan fingerprint density at radius 3 is 2.19 bits per heavy atom. The molecule has 0 aromatic heterocycles. The molecule has 0 heterocycles. The lowest BCUT2D eigenvalue weighted by Gasteiger charge is -2.21. The zero-order valence-electron chi connectivity index (χ0n) is 10.2. The largest absolute Gasteiger partial charge is 0.478 e. The van der Waals surface area contributed by atoms with Crippen LogP contribution in [0.2, 0.25) is 0 Å². The number of carboxylic acid groups (broad SMARTS) is 1. The maximum Gasteiger partial charge on any atom is 0.455 e. The summed E-state index contributed by atoms with van der Waals surface area (Å²) in [6, 6.07) is 2.63. The van der Waals surface area contributed by atoms with Gasteiger partial charge in [-0.15, -0.1) is 0 Å². The minimum absolute atomic E-state index is 0.405. The third kappa shape index (κ3) is 3.80. The molecule has 4 N–H and O–H groups in total. The Hall–Kier alpha value is -2.39. The van der Waals surface area contributed by atoms with Crippen LogP contribution >= 0.6 is 0 Å². The average Bonchev–Trinajstić information content (AvgIpc) is 2.34. The number of amides is 1. The van der Waals surface area contributed by atoms with Gasteiger partial charge in [0.1, 0.15) is 0 Å². The van der Waals surface area contributed by atoms with E-state index in [1.807, 2.05) is 0 Å². The van der Waals surface area contributed by atoms with Gasteiger partial charge in [0.2, 0.25) is 0 Å². The van der Waals surface area contributed by atoms with E-state index in [1.54, 1.807) is 5.32 Å². The van der Waals surface area contributed by atoms with Gasteiger partial charge in [0.05, 0.1) is 17.7 Å². The van der Waals surface area contributed by atoms with Crippen molar-refractivity contribution < 1.29 is 36.6 Å². The topological polar surface area (TPSA) is 92.4 Å². The van der Waals surface area contributed by atoms with Crippen molar-refractivity contribution in [2.75, 3.05) is 11.9 Å². The third-order valence-electron chi connectivity index (χ3n) is 2.45. The maximum absolute atomic E-state index is 12.8. The van der Waals surface area contributed by atoms with Crippen LogP contribution in [0.25, 0.3) is 0 Å². The number of halogens is 5. The third-order valence-corrected chi connectivity index (χ3v) is 2.45. The van der Waals surface area contributed by atoms with Crippen LogP contribution in [0.5, 0.6) is 0 Å². The van der Waals surface area contributed by atoms with E-state index < -0.39 is 47.3 Å². The SMILES string of the molecule is NC(=O)c1ccc(C(=O)O)cc1NCC(F)(F)C(F)(F)F. The fourth-order valence-electron chi connectivity index (χ4n) is 1.34. The van der Waals surface area contributed by atoms with Gasteiger partial charge in [0.25, 0.3) is 5.91 Å². The Kier molecular flexibility index (Phi) is 4.40. The molecule has 21 heavy (non-hydrogen) atoms. The number of anilines is 1. The molecule has 0 aliphatic carbocycles. The molecule has 5 nitrogen and oxygen atoms in total. The smallest absolute Gasteiger partial charge is 0.455 e. The standard InChI is InChI=1S/C11H9F5N2O3/c12-10(13,11(14,15)16)4-18-7-3-5(9(20)21)1-2-6(7)8(17)19/h1-3,18H,4H2,(H2,17,19)(H,20,21). The number of primary amides is 1. The second-order valence-electron chi connectivity index (χ2n) is 3.99. The number of rotatable bonds is 5. The molecule has 0 aliphatic rings. The van der Waals surface area contributed by atoms with E-state index in [0.717, 1.165) is 18.2 Å². The number of hydrogen-bond acceptors (Lipinski definition) is 3. The molecule has 0 spiro atoms. The van der Waals surface area contributed by atoms with Gasteiger partial charge in [-0.3, -0.25) is 4.79 Å². The second kappa shape index (κ2) is 5.54. The molecule has 10 heteroatoms. The summed E-state index contributed by atoms with van der Waals surface area (Å²) in [4.78, 5) is 21.8. The van der Waals surface area contributed by atoms with Crippen molar-refractivity contribution in [3.8, 4) is 0 Å². The van der Waals surface area contributed by atoms with Crippen LogP contribution < -0.4 is 11.1 Å². The molecule has 0 aliphatic heterocycles. The Balaban J connectivity index is 3.09. The van der Waals surface area contributed by atoms with Crippen LogP contribution in [0.4, 0.5) is 27.6 Å². The molecule has 1 aromatic rings. The molecule has 0 atom stereocenters. The molecule has 1 amide bonds. The Labute approximate surface area is 114 Å². The van der Waals surface area contributed by atoms with E-state index in [9.17, 15) is 31.5 Å². The van der Waals surface area contributed by atoms with Gasteiger partial charge in [0.15, 0.2) is 0 Å². The summed E-state index contributed by atoms with van der Waals surface area (Å²) in [6.45, 7) is -1.86. The maximum atomic E-state index is 12.8. The quantitative estimate of drug-likeness (QED) is 0.726. The second-order valence-corrected chi connectivity index (χ2v) is 3.99.